The minimum absolute atomic E-state index is 0.572. The van der Waals surface area contributed by atoms with Crippen LogP contribution in [0.25, 0.3) is 0 Å². The van der Waals surface area contributed by atoms with E-state index in [1.165, 1.54) is 31.5 Å². The number of hydrogen-bond donors (Lipinski definition) is 1. The molecule has 2 unspecified atom stereocenters. The lowest BCUT2D eigenvalue weighted by atomic mass is 10.2. The second kappa shape index (κ2) is 6.79. The first-order chi connectivity index (χ1) is 11.3. The van der Waals surface area contributed by atoms with E-state index in [0.717, 1.165) is 51.5 Å². The van der Waals surface area contributed by atoms with Crippen LogP contribution in [0.3, 0.4) is 0 Å². The maximum absolute atomic E-state index is 5.39. The van der Waals surface area contributed by atoms with Crippen molar-refractivity contribution in [3.05, 3.63) is 12.4 Å². The molecule has 6 heteroatoms. The van der Waals surface area contributed by atoms with E-state index < -0.39 is 0 Å². The van der Waals surface area contributed by atoms with Crippen LogP contribution in [0.15, 0.2) is 12.4 Å². The zero-order valence-electron chi connectivity index (χ0n) is 14.2. The first-order valence-electron chi connectivity index (χ1n) is 9.13. The minimum atomic E-state index is 0.572. The lowest BCUT2D eigenvalue weighted by Gasteiger charge is -2.26. The number of aromatic nitrogens is 2. The van der Waals surface area contributed by atoms with Gasteiger partial charge in [0.2, 0.25) is 0 Å². The van der Waals surface area contributed by atoms with Gasteiger partial charge < -0.3 is 10.1 Å². The summed E-state index contributed by atoms with van der Waals surface area (Å²) < 4.78 is 7.45. The molecular weight excluding hydrogens is 290 g/mol. The Morgan fingerprint density at radius 1 is 1.26 bits per heavy atom. The van der Waals surface area contributed by atoms with E-state index in [-0.39, 0.29) is 0 Å². The third-order valence-electron chi connectivity index (χ3n) is 5.39. The molecule has 2 aliphatic heterocycles. The fourth-order valence-corrected chi connectivity index (χ4v) is 3.94. The van der Waals surface area contributed by atoms with Gasteiger partial charge in [-0.2, -0.15) is 5.10 Å². The number of anilines is 1. The van der Waals surface area contributed by atoms with Gasteiger partial charge in [0, 0.05) is 50.5 Å². The van der Waals surface area contributed by atoms with Crippen LogP contribution in [0.1, 0.15) is 26.2 Å². The van der Waals surface area contributed by atoms with Crippen LogP contribution in [0.4, 0.5) is 5.69 Å². The van der Waals surface area contributed by atoms with Crippen molar-refractivity contribution in [3.63, 3.8) is 0 Å². The Bertz CT molecular complexity index is 509. The second-order valence-corrected chi connectivity index (χ2v) is 7.30. The zero-order chi connectivity index (χ0) is 15.6. The highest BCUT2D eigenvalue weighted by Crippen LogP contribution is 2.34. The third-order valence-corrected chi connectivity index (χ3v) is 5.39. The lowest BCUT2D eigenvalue weighted by Crippen LogP contribution is -2.38. The van der Waals surface area contributed by atoms with E-state index in [9.17, 15) is 0 Å². The molecule has 1 aromatic rings. The Kier molecular flexibility index (Phi) is 4.55. The van der Waals surface area contributed by atoms with Gasteiger partial charge in [-0.1, -0.05) is 0 Å². The summed E-state index contributed by atoms with van der Waals surface area (Å²) in [4.78, 5) is 5.13. The van der Waals surface area contributed by atoms with Crippen molar-refractivity contribution in [2.75, 3.05) is 44.7 Å². The average molecular weight is 319 g/mol. The predicted octanol–water partition coefficient (Wildman–Crippen LogP) is 1.25. The molecule has 3 aliphatic rings. The van der Waals surface area contributed by atoms with Crippen molar-refractivity contribution >= 4 is 5.69 Å². The summed E-state index contributed by atoms with van der Waals surface area (Å²) in [5.41, 5.74) is 1.17. The molecule has 0 amide bonds. The Hall–Kier alpha value is -1.11. The van der Waals surface area contributed by atoms with Gasteiger partial charge in [0.15, 0.2) is 0 Å². The van der Waals surface area contributed by atoms with Crippen molar-refractivity contribution in [1.29, 1.82) is 0 Å². The summed E-state index contributed by atoms with van der Waals surface area (Å²) in [6.45, 7) is 9.38. The molecule has 1 aliphatic carbocycles. The van der Waals surface area contributed by atoms with E-state index >= 15 is 0 Å². The highest BCUT2D eigenvalue weighted by Gasteiger charge is 2.38. The quantitative estimate of drug-likeness (QED) is 0.855. The molecule has 1 aromatic heterocycles. The monoisotopic (exact) mass is 319 g/mol. The van der Waals surface area contributed by atoms with E-state index in [1.54, 1.807) is 0 Å². The Morgan fingerprint density at radius 2 is 2.09 bits per heavy atom. The van der Waals surface area contributed by atoms with Crippen molar-refractivity contribution in [2.24, 2.45) is 0 Å². The van der Waals surface area contributed by atoms with Gasteiger partial charge >= 0.3 is 0 Å². The van der Waals surface area contributed by atoms with Gasteiger partial charge in [-0.3, -0.25) is 14.5 Å². The van der Waals surface area contributed by atoms with Gasteiger partial charge in [-0.25, -0.2) is 0 Å². The van der Waals surface area contributed by atoms with Crippen LogP contribution in [0.5, 0.6) is 0 Å². The van der Waals surface area contributed by atoms with Gasteiger partial charge in [0.1, 0.15) is 0 Å². The van der Waals surface area contributed by atoms with Crippen molar-refractivity contribution in [1.82, 2.24) is 19.6 Å². The number of likely N-dealkylation sites (tertiary alicyclic amines) is 1. The molecule has 23 heavy (non-hydrogen) atoms. The van der Waals surface area contributed by atoms with Gasteiger partial charge in [-0.15, -0.1) is 0 Å². The van der Waals surface area contributed by atoms with Crippen LogP contribution < -0.4 is 5.32 Å². The lowest BCUT2D eigenvalue weighted by molar-refractivity contribution is 0.0360. The standard InChI is InChI=1S/C17H29N5O/c1-14-10-15(13-22(14)17-2-3-17)19-16-11-18-21(12-16)5-4-20-6-8-23-9-7-20/h11-12,14-15,17,19H,2-10,13H2,1H3. The molecule has 0 bridgehead atoms. The smallest absolute Gasteiger partial charge is 0.0729 e. The predicted molar refractivity (Wildman–Crippen MR) is 90.7 cm³/mol. The van der Waals surface area contributed by atoms with E-state index in [1.807, 2.05) is 6.20 Å². The number of morpholine rings is 1. The summed E-state index contributed by atoms with van der Waals surface area (Å²) in [7, 11) is 0. The Morgan fingerprint density at radius 3 is 2.87 bits per heavy atom. The Labute approximate surface area is 138 Å². The number of hydrogen-bond acceptors (Lipinski definition) is 5. The largest absolute Gasteiger partial charge is 0.379 e. The fourth-order valence-electron chi connectivity index (χ4n) is 3.94. The summed E-state index contributed by atoms with van der Waals surface area (Å²) in [6, 6.07) is 2.16. The summed E-state index contributed by atoms with van der Waals surface area (Å²) in [6.07, 6.45) is 8.18. The van der Waals surface area contributed by atoms with Crippen molar-refractivity contribution in [2.45, 2.75) is 50.9 Å². The second-order valence-electron chi connectivity index (χ2n) is 7.30. The normalized spacial score (nSPS) is 30.0. The highest BCUT2D eigenvalue weighted by molar-refractivity contribution is 5.40. The highest BCUT2D eigenvalue weighted by atomic mass is 16.5. The van der Waals surface area contributed by atoms with E-state index in [0.29, 0.717) is 6.04 Å². The molecule has 128 valence electrons. The van der Waals surface area contributed by atoms with E-state index in [4.69, 9.17) is 4.74 Å². The molecule has 0 radical (unpaired) electrons. The number of nitrogens with zero attached hydrogens (tertiary/aromatic N) is 4. The zero-order valence-corrected chi connectivity index (χ0v) is 14.2. The molecule has 1 N–H and O–H groups in total. The van der Waals surface area contributed by atoms with E-state index in [2.05, 4.69) is 38.0 Å². The molecule has 1 saturated carbocycles. The minimum Gasteiger partial charge on any atom is -0.379 e. The van der Waals surface area contributed by atoms with Crippen LogP contribution in [-0.2, 0) is 11.3 Å². The molecule has 6 nitrogen and oxygen atoms in total. The third kappa shape index (κ3) is 3.87. The molecular formula is C17H29N5O. The molecule has 3 fully saturated rings. The van der Waals surface area contributed by atoms with Crippen LogP contribution in [-0.4, -0.2) is 77.1 Å². The summed E-state index contributed by atoms with van der Waals surface area (Å²) in [5.74, 6) is 0. The summed E-state index contributed by atoms with van der Waals surface area (Å²) in [5, 5.41) is 8.19. The van der Waals surface area contributed by atoms with Crippen LogP contribution >= 0.6 is 0 Å². The SMILES string of the molecule is CC1CC(Nc2cnn(CCN3CCOCC3)c2)CN1C1CC1. The maximum Gasteiger partial charge on any atom is 0.0729 e. The molecule has 2 atom stereocenters. The number of ether oxygens (including phenoxy) is 1. The fraction of sp³-hybridized carbons (Fsp3) is 0.824. The van der Waals surface area contributed by atoms with Crippen molar-refractivity contribution < 1.29 is 4.74 Å². The first kappa shape index (κ1) is 15.4. The average Bonchev–Trinajstić information content (AvgIpc) is 3.21. The molecule has 2 saturated heterocycles. The molecule has 0 spiro atoms. The van der Waals surface area contributed by atoms with Gasteiger partial charge in [0.25, 0.3) is 0 Å². The topological polar surface area (TPSA) is 45.6 Å². The van der Waals surface area contributed by atoms with Crippen LogP contribution in [0, 0.1) is 0 Å². The van der Waals surface area contributed by atoms with Crippen LogP contribution in [0.2, 0.25) is 0 Å². The van der Waals surface area contributed by atoms with Crippen molar-refractivity contribution in [3.8, 4) is 0 Å². The number of nitrogens with one attached hydrogen (secondary N) is 1. The van der Waals surface area contributed by atoms with Gasteiger partial charge in [0.05, 0.1) is 31.6 Å². The molecule has 3 heterocycles. The maximum atomic E-state index is 5.39. The van der Waals surface area contributed by atoms with Gasteiger partial charge in [-0.05, 0) is 26.2 Å². The Balaban J connectivity index is 1.25. The molecule has 4 rings (SSSR count). The summed E-state index contributed by atoms with van der Waals surface area (Å²) >= 11 is 0. The first-order valence-corrected chi connectivity index (χ1v) is 9.13. The number of rotatable bonds is 6. The molecule has 0 aromatic carbocycles.